The van der Waals surface area contributed by atoms with E-state index in [-0.39, 0.29) is 5.97 Å². The van der Waals surface area contributed by atoms with Crippen LogP contribution in [0.2, 0.25) is 0 Å². The number of carbonyl (C=O) groups is 1. The van der Waals surface area contributed by atoms with Crippen LogP contribution in [0.15, 0.2) is 28.7 Å². The lowest BCUT2D eigenvalue weighted by Gasteiger charge is -2.06. The van der Waals surface area contributed by atoms with Gasteiger partial charge in [0, 0.05) is 23.1 Å². The fourth-order valence-electron chi connectivity index (χ4n) is 1.78. The van der Waals surface area contributed by atoms with E-state index in [4.69, 9.17) is 4.74 Å². The molecule has 0 saturated carbocycles. The van der Waals surface area contributed by atoms with Crippen LogP contribution in [-0.2, 0) is 9.53 Å². The van der Waals surface area contributed by atoms with Gasteiger partial charge in [-0.05, 0) is 44.0 Å². The van der Waals surface area contributed by atoms with Crippen molar-refractivity contribution >= 4 is 27.6 Å². The molecule has 0 fully saturated rings. The number of rotatable bonds is 9. The van der Waals surface area contributed by atoms with Gasteiger partial charge in [0.15, 0.2) is 0 Å². The van der Waals surface area contributed by atoms with Crippen LogP contribution in [0.3, 0.4) is 0 Å². The Bertz CT molecular complexity index is 365. The van der Waals surface area contributed by atoms with Crippen LogP contribution in [0.25, 0.3) is 0 Å². The number of carbonyl (C=O) groups excluding carboxylic acids is 1. The van der Waals surface area contributed by atoms with E-state index >= 15 is 0 Å². The van der Waals surface area contributed by atoms with Crippen LogP contribution in [0, 0.1) is 0 Å². The van der Waals surface area contributed by atoms with Crippen molar-refractivity contribution in [3.8, 4) is 0 Å². The Morgan fingerprint density at radius 3 is 2.53 bits per heavy atom. The normalized spacial score (nSPS) is 10.2. The van der Waals surface area contributed by atoms with E-state index in [0.717, 1.165) is 42.4 Å². The van der Waals surface area contributed by atoms with Gasteiger partial charge in [0.05, 0.1) is 6.61 Å². The zero-order valence-electron chi connectivity index (χ0n) is 11.5. The van der Waals surface area contributed by atoms with Crippen molar-refractivity contribution < 1.29 is 9.53 Å². The Labute approximate surface area is 123 Å². The van der Waals surface area contributed by atoms with Gasteiger partial charge < -0.3 is 10.1 Å². The van der Waals surface area contributed by atoms with Crippen molar-refractivity contribution in [2.45, 2.75) is 39.0 Å². The molecule has 0 saturated heterocycles. The maximum Gasteiger partial charge on any atom is 0.305 e. The van der Waals surface area contributed by atoms with Crippen LogP contribution < -0.4 is 5.32 Å². The third-order valence-corrected chi connectivity index (χ3v) is 3.32. The minimum absolute atomic E-state index is 0.0736. The number of hydrogen-bond donors (Lipinski definition) is 1. The molecule has 0 aliphatic carbocycles. The number of nitrogens with one attached hydrogen (secondary N) is 1. The molecule has 1 aromatic rings. The Hall–Kier alpha value is -1.03. The van der Waals surface area contributed by atoms with Crippen LogP contribution in [-0.4, -0.2) is 19.1 Å². The van der Waals surface area contributed by atoms with E-state index in [9.17, 15) is 4.79 Å². The van der Waals surface area contributed by atoms with Gasteiger partial charge in [0.1, 0.15) is 0 Å². The van der Waals surface area contributed by atoms with Crippen molar-refractivity contribution in [3.63, 3.8) is 0 Å². The number of benzene rings is 1. The highest BCUT2D eigenvalue weighted by molar-refractivity contribution is 9.10. The Balaban J connectivity index is 1.96. The maximum atomic E-state index is 11.1. The van der Waals surface area contributed by atoms with E-state index in [2.05, 4.69) is 33.4 Å². The molecular formula is C15H22BrNO2. The van der Waals surface area contributed by atoms with Crippen molar-refractivity contribution in [1.29, 1.82) is 0 Å². The molecule has 106 valence electrons. The monoisotopic (exact) mass is 327 g/mol. The van der Waals surface area contributed by atoms with E-state index in [1.54, 1.807) is 0 Å². The van der Waals surface area contributed by atoms with Gasteiger partial charge in [-0.15, -0.1) is 0 Å². The summed E-state index contributed by atoms with van der Waals surface area (Å²) in [5.41, 5.74) is 1.15. The first-order valence-electron chi connectivity index (χ1n) is 6.87. The second-order valence-corrected chi connectivity index (χ2v) is 5.32. The summed E-state index contributed by atoms with van der Waals surface area (Å²) in [6, 6.07) is 8.18. The lowest BCUT2D eigenvalue weighted by atomic mass is 10.1. The first kappa shape index (κ1) is 16.0. The third-order valence-electron chi connectivity index (χ3n) is 2.79. The molecular weight excluding hydrogens is 306 g/mol. The molecule has 0 amide bonds. The molecule has 0 bridgehead atoms. The van der Waals surface area contributed by atoms with Crippen molar-refractivity contribution in [1.82, 2.24) is 0 Å². The summed E-state index contributed by atoms with van der Waals surface area (Å²) in [7, 11) is 0. The predicted molar refractivity (Wildman–Crippen MR) is 82.3 cm³/mol. The zero-order valence-corrected chi connectivity index (χ0v) is 13.0. The van der Waals surface area contributed by atoms with Gasteiger partial charge >= 0.3 is 5.97 Å². The molecule has 0 atom stereocenters. The van der Waals surface area contributed by atoms with Gasteiger partial charge in [-0.2, -0.15) is 0 Å². The van der Waals surface area contributed by atoms with Crippen LogP contribution in [0.5, 0.6) is 0 Å². The van der Waals surface area contributed by atoms with E-state index in [1.165, 1.54) is 0 Å². The van der Waals surface area contributed by atoms with E-state index in [0.29, 0.717) is 13.0 Å². The Morgan fingerprint density at radius 1 is 1.16 bits per heavy atom. The SMILES string of the molecule is CCOC(=O)CCCCCCNc1ccc(Br)cc1. The second-order valence-electron chi connectivity index (χ2n) is 4.40. The first-order valence-corrected chi connectivity index (χ1v) is 7.66. The average molecular weight is 328 g/mol. The average Bonchev–Trinajstić information content (AvgIpc) is 2.40. The molecule has 1 aromatic carbocycles. The van der Waals surface area contributed by atoms with Gasteiger partial charge in [-0.25, -0.2) is 0 Å². The lowest BCUT2D eigenvalue weighted by Crippen LogP contribution is -2.04. The summed E-state index contributed by atoms with van der Waals surface area (Å²) in [5, 5.41) is 3.38. The summed E-state index contributed by atoms with van der Waals surface area (Å²) in [6.07, 6.45) is 4.83. The smallest absolute Gasteiger partial charge is 0.305 e. The summed E-state index contributed by atoms with van der Waals surface area (Å²) in [6.45, 7) is 3.29. The summed E-state index contributed by atoms with van der Waals surface area (Å²) in [4.78, 5) is 11.1. The number of anilines is 1. The number of esters is 1. The summed E-state index contributed by atoms with van der Waals surface area (Å²) < 4.78 is 5.98. The molecule has 0 spiro atoms. The van der Waals surface area contributed by atoms with E-state index in [1.807, 2.05) is 19.1 Å². The lowest BCUT2D eigenvalue weighted by molar-refractivity contribution is -0.143. The van der Waals surface area contributed by atoms with Gasteiger partial charge in [-0.3, -0.25) is 4.79 Å². The minimum atomic E-state index is -0.0736. The van der Waals surface area contributed by atoms with Crippen LogP contribution in [0.1, 0.15) is 39.0 Å². The maximum absolute atomic E-state index is 11.1. The number of unbranched alkanes of at least 4 members (excludes halogenated alkanes) is 3. The largest absolute Gasteiger partial charge is 0.466 e. The highest BCUT2D eigenvalue weighted by atomic mass is 79.9. The molecule has 0 aromatic heterocycles. The van der Waals surface area contributed by atoms with Crippen LogP contribution in [0.4, 0.5) is 5.69 Å². The molecule has 0 heterocycles. The molecule has 0 radical (unpaired) electrons. The zero-order chi connectivity index (χ0) is 13.9. The number of ether oxygens (including phenoxy) is 1. The first-order chi connectivity index (χ1) is 9.22. The molecule has 1 N–H and O–H groups in total. The molecule has 1 rings (SSSR count). The topological polar surface area (TPSA) is 38.3 Å². The summed E-state index contributed by atoms with van der Waals surface area (Å²) in [5.74, 6) is -0.0736. The Morgan fingerprint density at radius 2 is 1.84 bits per heavy atom. The number of halogens is 1. The molecule has 0 aliphatic heterocycles. The number of hydrogen-bond acceptors (Lipinski definition) is 3. The fraction of sp³-hybridized carbons (Fsp3) is 0.533. The second kappa shape index (κ2) is 9.84. The standard InChI is InChI=1S/C15H22BrNO2/c1-2-19-15(18)7-5-3-4-6-12-17-14-10-8-13(16)9-11-14/h8-11,17H,2-7,12H2,1H3. The highest BCUT2D eigenvalue weighted by Crippen LogP contribution is 2.14. The van der Waals surface area contributed by atoms with E-state index < -0.39 is 0 Å². The molecule has 19 heavy (non-hydrogen) atoms. The van der Waals surface area contributed by atoms with Crippen molar-refractivity contribution in [2.75, 3.05) is 18.5 Å². The van der Waals surface area contributed by atoms with Crippen molar-refractivity contribution in [2.24, 2.45) is 0 Å². The predicted octanol–water partition coefficient (Wildman–Crippen LogP) is 4.37. The molecule has 0 aliphatic rings. The minimum Gasteiger partial charge on any atom is -0.466 e. The summed E-state index contributed by atoms with van der Waals surface area (Å²) >= 11 is 3.41. The van der Waals surface area contributed by atoms with Gasteiger partial charge in [-0.1, -0.05) is 28.8 Å². The van der Waals surface area contributed by atoms with Crippen LogP contribution >= 0.6 is 15.9 Å². The third kappa shape index (κ3) is 7.88. The molecule has 4 heteroatoms. The quantitative estimate of drug-likeness (QED) is 0.540. The molecule has 3 nitrogen and oxygen atoms in total. The van der Waals surface area contributed by atoms with Gasteiger partial charge in [0.2, 0.25) is 0 Å². The Kier molecular flexibility index (Phi) is 8.30. The van der Waals surface area contributed by atoms with Gasteiger partial charge in [0.25, 0.3) is 0 Å². The fourth-order valence-corrected chi connectivity index (χ4v) is 2.05. The molecule has 0 unspecified atom stereocenters. The van der Waals surface area contributed by atoms with Crippen molar-refractivity contribution in [3.05, 3.63) is 28.7 Å². The highest BCUT2D eigenvalue weighted by Gasteiger charge is 2.00.